The Bertz CT molecular complexity index is 1210. The highest BCUT2D eigenvalue weighted by atomic mass is 19.4. The summed E-state index contributed by atoms with van der Waals surface area (Å²) in [6, 6.07) is 15.9. The van der Waals surface area contributed by atoms with E-state index < -0.39 is 29.4 Å². The molecule has 0 unspecified atom stereocenters. The lowest BCUT2D eigenvalue weighted by Gasteiger charge is -2.16. The van der Waals surface area contributed by atoms with Gasteiger partial charge in [-0.1, -0.05) is 29.8 Å². The fourth-order valence-electron chi connectivity index (χ4n) is 3.35. The predicted octanol–water partition coefficient (Wildman–Crippen LogP) is 5.55. The van der Waals surface area contributed by atoms with Gasteiger partial charge < -0.3 is 5.32 Å². The van der Waals surface area contributed by atoms with Crippen LogP contribution < -0.4 is 10.2 Å². The summed E-state index contributed by atoms with van der Waals surface area (Å²) in [5, 5.41) is 2.94. The predicted molar refractivity (Wildman–Crippen MR) is 112 cm³/mol. The molecule has 0 aromatic heterocycles. The minimum Gasteiger partial charge on any atom is -0.350 e. The number of hydrogen-bond acceptors (Lipinski definition) is 3. The van der Waals surface area contributed by atoms with E-state index in [9.17, 15) is 27.2 Å². The van der Waals surface area contributed by atoms with E-state index in [2.05, 4.69) is 5.32 Å². The van der Waals surface area contributed by atoms with Crippen molar-refractivity contribution in [1.29, 1.82) is 0 Å². The maximum atomic E-state index is 13.4. The molecule has 32 heavy (non-hydrogen) atoms. The second-order valence-electron chi connectivity index (χ2n) is 7.24. The van der Waals surface area contributed by atoms with Crippen LogP contribution in [-0.4, -0.2) is 11.8 Å². The molecule has 0 saturated heterocycles. The molecule has 8 heteroatoms. The molecule has 4 rings (SSSR count). The first kappa shape index (κ1) is 21.3. The maximum Gasteiger partial charge on any atom is 0.416 e. The first-order valence-corrected chi connectivity index (χ1v) is 9.55. The zero-order valence-electron chi connectivity index (χ0n) is 16.7. The molecule has 3 aromatic carbocycles. The van der Waals surface area contributed by atoms with Crippen LogP contribution in [0.3, 0.4) is 0 Å². The van der Waals surface area contributed by atoms with Crippen molar-refractivity contribution in [3.8, 4) is 0 Å². The van der Waals surface area contributed by atoms with Gasteiger partial charge in [-0.3, -0.25) is 9.59 Å². The number of benzene rings is 3. The van der Waals surface area contributed by atoms with Crippen LogP contribution in [-0.2, 0) is 15.8 Å². The minimum atomic E-state index is -4.55. The molecule has 0 aliphatic carbocycles. The molecule has 1 aliphatic rings. The van der Waals surface area contributed by atoms with Crippen LogP contribution in [0.15, 0.2) is 78.5 Å². The third-order valence-electron chi connectivity index (χ3n) is 4.99. The highest BCUT2D eigenvalue weighted by molar-refractivity contribution is 6.46. The lowest BCUT2D eigenvalue weighted by Crippen LogP contribution is -2.32. The monoisotopic (exact) mass is 440 g/mol. The summed E-state index contributed by atoms with van der Waals surface area (Å²) in [7, 11) is 0. The van der Waals surface area contributed by atoms with Crippen LogP contribution in [0, 0.1) is 12.7 Å². The highest BCUT2D eigenvalue weighted by Crippen LogP contribution is 2.36. The maximum absolute atomic E-state index is 13.4. The molecule has 2 amide bonds. The van der Waals surface area contributed by atoms with Crippen molar-refractivity contribution in [3.63, 3.8) is 0 Å². The number of anilines is 2. The van der Waals surface area contributed by atoms with Gasteiger partial charge in [-0.15, -0.1) is 0 Å². The summed E-state index contributed by atoms with van der Waals surface area (Å²) < 4.78 is 52.1. The number of halogens is 4. The number of nitrogens with one attached hydrogen (secondary N) is 1. The Hall–Kier alpha value is -3.94. The molecular weight excluding hydrogens is 424 g/mol. The van der Waals surface area contributed by atoms with Gasteiger partial charge in [0.25, 0.3) is 11.8 Å². The van der Waals surface area contributed by atoms with Crippen molar-refractivity contribution in [2.24, 2.45) is 0 Å². The summed E-state index contributed by atoms with van der Waals surface area (Å²) in [4.78, 5) is 27.2. The van der Waals surface area contributed by atoms with Gasteiger partial charge in [0.2, 0.25) is 0 Å². The molecule has 4 nitrogen and oxygen atoms in total. The Morgan fingerprint density at radius 3 is 1.94 bits per heavy atom. The molecule has 162 valence electrons. The van der Waals surface area contributed by atoms with Gasteiger partial charge in [0.1, 0.15) is 11.5 Å². The molecular formula is C24H16F4N2O2. The van der Waals surface area contributed by atoms with E-state index in [-0.39, 0.29) is 17.0 Å². The smallest absolute Gasteiger partial charge is 0.350 e. The lowest BCUT2D eigenvalue weighted by atomic mass is 10.0. The third-order valence-corrected chi connectivity index (χ3v) is 4.99. The standard InChI is InChI=1S/C24H16F4N2O2/c1-14-2-10-18(11-3-14)29-21-20(15-4-8-17(25)9-5-15)22(31)30(23(21)32)19-12-6-16(7-13-19)24(26,27)28/h2-13,29H,1H3. The number of carbonyl (C=O) groups excluding carboxylic acids is 2. The Balaban J connectivity index is 1.77. The highest BCUT2D eigenvalue weighted by Gasteiger charge is 2.40. The fourth-order valence-corrected chi connectivity index (χ4v) is 3.35. The topological polar surface area (TPSA) is 49.4 Å². The number of nitrogens with zero attached hydrogens (tertiary/aromatic N) is 1. The number of aryl methyl sites for hydroxylation is 1. The molecule has 0 fully saturated rings. The van der Waals surface area contributed by atoms with E-state index in [1.54, 1.807) is 12.1 Å². The molecule has 0 radical (unpaired) electrons. The summed E-state index contributed by atoms with van der Waals surface area (Å²) in [5.41, 5.74) is 0.872. The van der Waals surface area contributed by atoms with E-state index in [4.69, 9.17) is 0 Å². The number of hydrogen-bond donors (Lipinski definition) is 1. The molecule has 0 saturated carbocycles. The fraction of sp³-hybridized carbons (Fsp3) is 0.0833. The van der Waals surface area contributed by atoms with Crippen molar-refractivity contribution in [3.05, 3.63) is 101 Å². The van der Waals surface area contributed by atoms with Gasteiger partial charge in [0.15, 0.2) is 0 Å². The van der Waals surface area contributed by atoms with Gasteiger partial charge in [-0.2, -0.15) is 13.2 Å². The number of rotatable bonds is 4. The van der Waals surface area contributed by atoms with Gasteiger partial charge in [0, 0.05) is 5.69 Å². The van der Waals surface area contributed by atoms with E-state index in [1.807, 2.05) is 19.1 Å². The third kappa shape index (κ3) is 3.99. The van der Waals surface area contributed by atoms with Crippen molar-refractivity contribution in [2.75, 3.05) is 10.2 Å². The van der Waals surface area contributed by atoms with Crippen LogP contribution in [0.25, 0.3) is 5.57 Å². The minimum absolute atomic E-state index is 0.00419. The van der Waals surface area contributed by atoms with Crippen LogP contribution >= 0.6 is 0 Å². The SMILES string of the molecule is Cc1ccc(NC2=C(c3ccc(F)cc3)C(=O)N(c3ccc(C(F)(F)F)cc3)C2=O)cc1. The Labute approximate surface area is 180 Å². The summed E-state index contributed by atoms with van der Waals surface area (Å²) >= 11 is 0. The van der Waals surface area contributed by atoms with Gasteiger partial charge in [-0.25, -0.2) is 9.29 Å². The summed E-state index contributed by atoms with van der Waals surface area (Å²) in [6.07, 6.45) is -4.55. The lowest BCUT2D eigenvalue weighted by molar-refractivity contribution is -0.137. The van der Waals surface area contributed by atoms with Crippen molar-refractivity contribution in [1.82, 2.24) is 0 Å². The molecule has 1 heterocycles. The summed E-state index contributed by atoms with van der Waals surface area (Å²) in [5.74, 6) is -1.97. The van der Waals surface area contributed by atoms with Crippen molar-refractivity contribution >= 4 is 28.8 Å². The average molecular weight is 440 g/mol. The second kappa shape index (κ2) is 7.96. The van der Waals surface area contributed by atoms with Crippen LogP contribution in [0.1, 0.15) is 16.7 Å². The number of alkyl halides is 3. The summed E-state index contributed by atoms with van der Waals surface area (Å²) in [6.45, 7) is 1.89. The van der Waals surface area contributed by atoms with Crippen LogP contribution in [0.2, 0.25) is 0 Å². The number of amides is 2. The largest absolute Gasteiger partial charge is 0.416 e. The Morgan fingerprint density at radius 2 is 1.38 bits per heavy atom. The van der Waals surface area contributed by atoms with Crippen LogP contribution in [0.5, 0.6) is 0 Å². The molecule has 1 aliphatic heterocycles. The zero-order valence-corrected chi connectivity index (χ0v) is 16.7. The molecule has 1 N–H and O–H groups in total. The van der Waals surface area contributed by atoms with Crippen molar-refractivity contribution in [2.45, 2.75) is 13.1 Å². The van der Waals surface area contributed by atoms with Gasteiger partial charge in [-0.05, 0) is 61.0 Å². The number of imide groups is 1. The molecule has 0 spiro atoms. The average Bonchev–Trinajstić information content (AvgIpc) is 2.99. The number of carbonyl (C=O) groups is 2. The first-order valence-electron chi connectivity index (χ1n) is 9.55. The van der Waals surface area contributed by atoms with E-state index in [0.29, 0.717) is 11.3 Å². The van der Waals surface area contributed by atoms with E-state index >= 15 is 0 Å². The van der Waals surface area contributed by atoms with E-state index in [1.165, 1.54) is 12.1 Å². The molecule has 0 bridgehead atoms. The normalized spacial score (nSPS) is 14.3. The van der Waals surface area contributed by atoms with Gasteiger partial charge >= 0.3 is 6.18 Å². The van der Waals surface area contributed by atoms with Crippen molar-refractivity contribution < 1.29 is 27.2 Å². The molecule has 3 aromatic rings. The van der Waals surface area contributed by atoms with Crippen LogP contribution in [0.4, 0.5) is 28.9 Å². The Kier molecular flexibility index (Phi) is 5.30. The quantitative estimate of drug-likeness (QED) is 0.428. The second-order valence-corrected chi connectivity index (χ2v) is 7.24. The Morgan fingerprint density at radius 1 is 0.781 bits per heavy atom. The van der Waals surface area contributed by atoms with E-state index in [0.717, 1.165) is 46.9 Å². The molecule has 0 atom stereocenters. The first-order chi connectivity index (χ1) is 15.1. The zero-order chi connectivity index (χ0) is 23.0. The van der Waals surface area contributed by atoms with Gasteiger partial charge in [0.05, 0.1) is 16.8 Å².